The molecule has 2 N–H and O–H groups in total. The number of sulfonamides is 1. The summed E-state index contributed by atoms with van der Waals surface area (Å²) in [6, 6.07) is 3.11. The molecule has 0 aliphatic heterocycles. The fourth-order valence-electron chi connectivity index (χ4n) is 1.47. The van der Waals surface area contributed by atoms with Gasteiger partial charge in [0.1, 0.15) is 10.7 Å². The summed E-state index contributed by atoms with van der Waals surface area (Å²) in [5.74, 6) is 0.448. The molecule has 0 aliphatic rings. The zero-order valence-electron chi connectivity index (χ0n) is 10.8. The quantitative estimate of drug-likeness (QED) is 0.764. The lowest BCUT2D eigenvalue weighted by Gasteiger charge is -2.13. The Morgan fingerprint density at radius 3 is 2.83 bits per heavy atom. The van der Waals surface area contributed by atoms with E-state index < -0.39 is 10.0 Å². The molecular weight excluding hydrogens is 254 g/mol. The van der Waals surface area contributed by atoms with Gasteiger partial charge in [-0.3, -0.25) is 0 Å². The van der Waals surface area contributed by atoms with Crippen LogP contribution < -0.4 is 10.0 Å². The van der Waals surface area contributed by atoms with Gasteiger partial charge in [-0.2, -0.15) is 0 Å². The monoisotopic (exact) mass is 273 g/mol. The summed E-state index contributed by atoms with van der Waals surface area (Å²) < 4.78 is 31.7. The first-order chi connectivity index (χ1) is 8.51. The molecule has 0 bridgehead atoms. The summed E-state index contributed by atoms with van der Waals surface area (Å²) in [4.78, 5) is 4.12. The molecule has 1 aromatic rings. The van der Waals surface area contributed by atoms with Gasteiger partial charge in [-0.1, -0.05) is 6.92 Å². The van der Waals surface area contributed by atoms with Crippen LogP contribution in [0.25, 0.3) is 0 Å². The lowest BCUT2D eigenvalue weighted by Crippen LogP contribution is -2.30. The van der Waals surface area contributed by atoms with Crippen molar-refractivity contribution in [3.8, 4) is 0 Å². The van der Waals surface area contributed by atoms with Crippen LogP contribution in [-0.2, 0) is 14.8 Å². The van der Waals surface area contributed by atoms with Crippen molar-refractivity contribution in [3.05, 3.63) is 18.3 Å². The molecule has 0 saturated heterocycles. The van der Waals surface area contributed by atoms with Crippen molar-refractivity contribution in [1.82, 2.24) is 9.71 Å². The summed E-state index contributed by atoms with van der Waals surface area (Å²) in [7, 11) is -0.325. The Hall–Kier alpha value is -1.18. The number of methoxy groups -OCH3 is 1. The Morgan fingerprint density at radius 2 is 2.22 bits per heavy atom. The van der Waals surface area contributed by atoms with Gasteiger partial charge in [0, 0.05) is 33.5 Å². The molecule has 1 unspecified atom stereocenters. The fraction of sp³-hybridized carbons (Fsp3) is 0.545. The molecule has 18 heavy (non-hydrogen) atoms. The number of aromatic nitrogens is 1. The van der Waals surface area contributed by atoms with Crippen molar-refractivity contribution in [1.29, 1.82) is 0 Å². The largest absolute Gasteiger partial charge is 0.384 e. The van der Waals surface area contributed by atoms with Crippen LogP contribution in [-0.4, -0.2) is 40.7 Å². The van der Waals surface area contributed by atoms with Gasteiger partial charge < -0.3 is 10.1 Å². The maximum Gasteiger partial charge on any atom is 0.244 e. The van der Waals surface area contributed by atoms with Crippen LogP contribution in [0.3, 0.4) is 0 Å². The SMILES string of the molecule is CNc1ncccc1S(=O)(=O)NCC(C)COC. The number of rotatable bonds is 7. The highest BCUT2D eigenvalue weighted by molar-refractivity contribution is 7.89. The second kappa shape index (κ2) is 6.67. The number of anilines is 1. The first-order valence-electron chi connectivity index (χ1n) is 5.62. The van der Waals surface area contributed by atoms with Crippen molar-refractivity contribution < 1.29 is 13.2 Å². The third-order valence-corrected chi connectivity index (χ3v) is 3.83. The Morgan fingerprint density at radius 1 is 1.50 bits per heavy atom. The van der Waals surface area contributed by atoms with E-state index in [0.29, 0.717) is 19.0 Å². The molecule has 0 amide bonds. The van der Waals surface area contributed by atoms with Gasteiger partial charge in [0.15, 0.2) is 0 Å². The Kier molecular flexibility index (Phi) is 5.52. The minimum Gasteiger partial charge on any atom is -0.384 e. The molecule has 0 radical (unpaired) electrons. The van der Waals surface area contributed by atoms with Gasteiger partial charge in [-0.25, -0.2) is 18.1 Å². The number of pyridine rings is 1. The zero-order chi connectivity index (χ0) is 13.6. The Bertz CT molecular complexity index is 476. The van der Waals surface area contributed by atoms with Crippen LogP contribution in [0.2, 0.25) is 0 Å². The highest BCUT2D eigenvalue weighted by Crippen LogP contribution is 2.17. The molecule has 0 saturated carbocycles. The maximum absolute atomic E-state index is 12.1. The van der Waals surface area contributed by atoms with E-state index in [1.165, 1.54) is 6.07 Å². The van der Waals surface area contributed by atoms with Crippen LogP contribution in [0.1, 0.15) is 6.92 Å². The summed E-state index contributed by atoms with van der Waals surface area (Å²) in [6.07, 6.45) is 1.54. The fourth-order valence-corrected chi connectivity index (χ4v) is 2.79. The Balaban J connectivity index is 2.80. The number of nitrogens with one attached hydrogen (secondary N) is 2. The summed E-state index contributed by atoms with van der Waals surface area (Å²) in [5.41, 5.74) is 0. The zero-order valence-corrected chi connectivity index (χ0v) is 11.6. The maximum atomic E-state index is 12.1. The van der Waals surface area contributed by atoms with Crippen LogP contribution in [0, 0.1) is 5.92 Å². The molecule has 1 rings (SSSR count). The van der Waals surface area contributed by atoms with Gasteiger partial charge in [0.25, 0.3) is 0 Å². The molecule has 7 heteroatoms. The van der Waals surface area contributed by atoms with E-state index in [9.17, 15) is 8.42 Å². The highest BCUT2D eigenvalue weighted by Gasteiger charge is 2.19. The molecule has 1 aromatic heterocycles. The molecular formula is C11H19N3O3S. The van der Waals surface area contributed by atoms with Crippen molar-refractivity contribution in [2.24, 2.45) is 5.92 Å². The molecule has 1 heterocycles. The number of hydrogen-bond donors (Lipinski definition) is 2. The Labute approximate surface area is 108 Å². The smallest absolute Gasteiger partial charge is 0.244 e. The molecule has 0 aromatic carbocycles. The van der Waals surface area contributed by atoms with Gasteiger partial charge in [-0.05, 0) is 18.1 Å². The van der Waals surface area contributed by atoms with Crippen molar-refractivity contribution in [2.45, 2.75) is 11.8 Å². The van der Waals surface area contributed by atoms with E-state index in [4.69, 9.17) is 4.74 Å². The van der Waals surface area contributed by atoms with Crippen LogP contribution >= 0.6 is 0 Å². The van der Waals surface area contributed by atoms with E-state index in [-0.39, 0.29) is 10.8 Å². The lowest BCUT2D eigenvalue weighted by molar-refractivity contribution is 0.161. The second-order valence-electron chi connectivity index (χ2n) is 4.01. The van der Waals surface area contributed by atoms with Crippen LogP contribution in [0.5, 0.6) is 0 Å². The molecule has 0 aliphatic carbocycles. The average molecular weight is 273 g/mol. The van der Waals surface area contributed by atoms with Gasteiger partial charge in [0.2, 0.25) is 10.0 Å². The number of nitrogens with zero attached hydrogens (tertiary/aromatic N) is 1. The lowest BCUT2D eigenvalue weighted by atomic mass is 10.2. The van der Waals surface area contributed by atoms with E-state index in [0.717, 1.165) is 0 Å². The standard InChI is InChI=1S/C11H19N3O3S/c1-9(8-17-3)7-14-18(15,16)10-5-4-6-13-11(10)12-2/h4-6,9,14H,7-8H2,1-3H3,(H,12,13). The van der Waals surface area contributed by atoms with Crippen molar-refractivity contribution >= 4 is 15.8 Å². The summed E-state index contributed by atoms with van der Waals surface area (Å²) in [6.45, 7) is 2.75. The highest BCUT2D eigenvalue weighted by atomic mass is 32.2. The van der Waals surface area contributed by atoms with Gasteiger partial charge in [-0.15, -0.1) is 0 Å². The van der Waals surface area contributed by atoms with Crippen molar-refractivity contribution in [3.63, 3.8) is 0 Å². The minimum atomic E-state index is -3.55. The molecule has 1 atom stereocenters. The van der Waals surface area contributed by atoms with Gasteiger partial charge in [0.05, 0.1) is 0 Å². The second-order valence-corrected chi connectivity index (χ2v) is 5.75. The predicted octanol–water partition coefficient (Wildman–Crippen LogP) is 0.684. The molecule has 102 valence electrons. The predicted molar refractivity (Wildman–Crippen MR) is 70.0 cm³/mol. The first-order valence-corrected chi connectivity index (χ1v) is 7.11. The van der Waals surface area contributed by atoms with E-state index in [1.807, 2.05) is 6.92 Å². The number of ether oxygens (including phenoxy) is 1. The van der Waals surface area contributed by atoms with Crippen LogP contribution in [0.4, 0.5) is 5.82 Å². The van der Waals surface area contributed by atoms with Gasteiger partial charge >= 0.3 is 0 Å². The summed E-state index contributed by atoms with van der Waals surface area (Å²) in [5, 5.41) is 2.76. The third-order valence-electron chi connectivity index (χ3n) is 2.37. The third kappa shape index (κ3) is 3.94. The van der Waals surface area contributed by atoms with Crippen LogP contribution in [0.15, 0.2) is 23.2 Å². The minimum absolute atomic E-state index is 0.111. The van der Waals surface area contributed by atoms with E-state index in [2.05, 4.69) is 15.0 Å². The molecule has 6 nitrogen and oxygen atoms in total. The first kappa shape index (κ1) is 14.9. The number of hydrogen-bond acceptors (Lipinski definition) is 5. The van der Waals surface area contributed by atoms with Crippen molar-refractivity contribution in [2.75, 3.05) is 32.6 Å². The topological polar surface area (TPSA) is 80.3 Å². The van der Waals surface area contributed by atoms with E-state index in [1.54, 1.807) is 26.4 Å². The van der Waals surface area contributed by atoms with E-state index >= 15 is 0 Å². The normalized spacial score (nSPS) is 13.3. The summed E-state index contributed by atoms with van der Waals surface area (Å²) >= 11 is 0. The molecule has 0 spiro atoms. The molecule has 0 fully saturated rings. The average Bonchev–Trinajstić information content (AvgIpc) is 2.37.